The molecule has 1 heterocycles. The minimum absolute atomic E-state index is 0.0963. The molecular formula is C18H18N2O3. The van der Waals surface area contributed by atoms with E-state index in [4.69, 9.17) is 15.0 Å². The van der Waals surface area contributed by atoms with Gasteiger partial charge in [0.2, 0.25) is 0 Å². The third kappa shape index (κ3) is 2.85. The summed E-state index contributed by atoms with van der Waals surface area (Å²) in [6.45, 7) is 2.03. The minimum Gasteiger partial charge on any atom is -0.507 e. The lowest BCUT2D eigenvalue weighted by atomic mass is 10.0. The van der Waals surface area contributed by atoms with Crippen LogP contribution in [-0.4, -0.2) is 17.4 Å². The van der Waals surface area contributed by atoms with Crippen molar-refractivity contribution in [2.75, 3.05) is 12.8 Å². The van der Waals surface area contributed by atoms with Crippen molar-refractivity contribution in [2.24, 2.45) is 0 Å². The standard InChI is InChI=1S/C18H18N2O3/c1-3-11-8-14(16(21)10-17(11)22-2)18-9-15(20-23-18)12-4-6-13(19)7-5-12/h4-10,21H,3,19H2,1-2H3. The van der Waals surface area contributed by atoms with E-state index in [1.54, 1.807) is 19.2 Å². The van der Waals surface area contributed by atoms with Crippen LogP contribution < -0.4 is 10.5 Å². The lowest BCUT2D eigenvalue weighted by Gasteiger charge is -2.09. The van der Waals surface area contributed by atoms with Crippen molar-refractivity contribution >= 4 is 5.69 Å². The Bertz CT molecular complexity index is 823. The Morgan fingerprint density at radius 1 is 1.17 bits per heavy atom. The number of rotatable bonds is 4. The lowest BCUT2D eigenvalue weighted by molar-refractivity contribution is 0.401. The number of phenolic OH excluding ortho intramolecular Hbond substituents is 1. The van der Waals surface area contributed by atoms with E-state index in [1.807, 2.05) is 37.3 Å². The molecule has 0 saturated carbocycles. The molecule has 0 radical (unpaired) electrons. The summed E-state index contributed by atoms with van der Waals surface area (Å²) in [7, 11) is 1.58. The molecular weight excluding hydrogens is 292 g/mol. The lowest BCUT2D eigenvalue weighted by Crippen LogP contribution is -1.91. The van der Waals surface area contributed by atoms with Crippen molar-refractivity contribution in [3.05, 3.63) is 48.0 Å². The number of benzene rings is 2. The highest BCUT2D eigenvalue weighted by atomic mass is 16.5. The Hall–Kier alpha value is -2.95. The predicted molar refractivity (Wildman–Crippen MR) is 89.4 cm³/mol. The molecule has 5 nitrogen and oxygen atoms in total. The fraction of sp³-hybridized carbons (Fsp3) is 0.167. The summed E-state index contributed by atoms with van der Waals surface area (Å²) in [5, 5.41) is 14.3. The summed E-state index contributed by atoms with van der Waals surface area (Å²) in [5.74, 6) is 1.26. The third-order valence-electron chi connectivity index (χ3n) is 3.76. The maximum Gasteiger partial charge on any atom is 0.171 e. The highest BCUT2D eigenvalue weighted by Gasteiger charge is 2.15. The SMILES string of the molecule is CCc1cc(-c2cc(-c3ccc(N)cc3)no2)c(O)cc1OC. The van der Waals surface area contributed by atoms with Crippen molar-refractivity contribution in [1.29, 1.82) is 0 Å². The van der Waals surface area contributed by atoms with Crippen LogP contribution in [-0.2, 0) is 6.42 Å². The van der Waals surface area contributed by atoms with Crippen LogP contribution in [0.25, 0.3) is 22.6 Å². The average molecular weight is 310 g/mol. The first-order valence-corrected chi connectivity index (χ1v) is 7.35. The van der Waals surface area contributed by atoms with E-state index in [2.05, 4.69) is 5.16 Å². The van der Waals surface area contributed by atoms with Gasteiger partial charge in [-0.2, -0.15) is 0 Å². The van der Waals surface area contributed by atoms with E-state index in [-0.39, 0.29) is 5.75 Å². The topological polar surface area (TPSA) is 81.5 Å². The summed E-state index contributed by atoms with van der Waals surface area (Å²) >= 11 is 0. The van der Waals surface area contributed by atoms with Gasteiger partial charge in [-0.1, -0.05) is 24.2 Å². The largest absolute Gasteiger partial charge is 0.507 e. The highest BCUT2D eigenvalue weighted by Crippen LogP contribution is 2.37. The molecule has 3 aromatic rings. The van der Waals surface area contributed by atoms with Gasteiger partial charge in [0.15, 0.2) is 5.76 Å². The normalized spacial score (nSPS) is 10.7. The molecule has 0 amide bonds. The number of nitrogens with two attached hydrogens (primary N) is 1. The van der Waals surface area contributed by atoms with Gasteiger partial charge in [-0.05, 0) is 30.2 Å². The van der Waals surface area contributed by atoms with E-state index >= 15 is 0 Å². The molecule has 3 N–H and O–H groups in total. The van der Waals surface area contributed by atoms with Crippen LogP contribution in [0.5, 0.6) is 11.5 Å². The first-order chi connectivity index (χ1) is 11.1. The highest BCUT2D eigenvalue weighted by molar-refractivity contribution is 5.73. The Labute approximate surface area is 134 Å². The van der Waals surface area contributed by atoms with Gasteiger partial charge in [0.25, 0.3) is 0 Å². The van der Waals surface area contributed by atoms with Crippen LogP contribution in [0.3, 0.4) is 0 Å². The summed E-state index contributed by atoms with van der Waals surface area (Å²) < 4.78 is 10.7. The summed E-state index contributed by atoms with van der Waals surface area (Å²) in [4.78, 5) is 0. The van der Waals surface area contributed by atoms with Gasteiger partial charge in [-0.15, -0.1) is 0 Å². The Morgan fingerprint density at radius 2 is 1.91 bits per heavy atom. The summed E-state index contributed by atoms with van der Waals surface area (Å²) in [6, 6.07) is 12.6. The van der Waals surface area contributed by atoms with Gasteiger partial charge in [0.05, 0.1) is 12.7 Å². The number of ether oxygens (including phenoxy) is 1. The van der Waals surface area contributed by atoms with Crippen LogP contribution in [0.15, 0.2) is 47.0 Å². The van der Waals surface area contributed by atoms with Gasteiger partial charge < -0.3 is 20.1 Å². The molecule has 3 rings (SSSR count). The number of aromatic nitrogens is 1. The number of methoxy groups -OCH3 is 1. The first-order valence-electron chi connectivity index (χ1n) is 7.35. The number of nitrogen functional groups attached to an aromatic ring is 1. The Morgan fingerprint density at radius 3 is 2.57 bits per heavy atom. The number of anilines is 1. The summed E-state index contributed by atoms with van der Waals surface area (Å²) in [5.41, 5.74) is 9.56. The van der Waals surface area contributed by atoms with E-state index < -0.39 is 0 Å². The second kappa shape index (κ2) is 6.04. The van der Waals surface area contributed by atoms with Gasteiger partial charge >= 0.3 is 0 Å². The molecule has 0 saturated heterocycles. The van der Waals surface area contributed by atoms with E-state index in [9.17, 15) is 5.11 Å². The smallest absolute Gasteiger partial charge is 0.171 e. The van der Waals surface area contributed by atoms with Crippen molar-refractivity contribution < 1.29 is 14.4 Å². The zero-order chi connectivity index (χ0) is 16.4. The van der Waals surface area contributed by atoms with Gasteiger partial charge in [0, 0.05) is 23.4 Å². The van der Waals surface area contributed by atoms with Gasteiger partial charge in [-0.3, -0.25) is 0 Å². The molecule has 0 aliphatic carbocycles. The maximum atomic E-state index is 10.2. The molecule has 0 bridgehead atoms. The monoisotopic (exact) mass is 310 g/mol. The molecule has 23 heavy (non-hydrogen) atoms. The van der Waals surface area contributed by atoms with Crippen LogP contribution in [0.4, 0.5) is 5.69 Å². The summed E-state index contributed by atoms with van der Waals surface area (Å²) in [6.07, 6.45) is 0.787. The number of nitrogens with zero attached hydrogens (tertiary/aromatic N) is 1. The molecule has 2 aromatic carbocycles. The second-order valence-corrected chi connectivity index (χ2v) is 5.23. The molecule has 0 spiro atoms. The second-order valence-electron chi connectivity index (χ2n) is 5.23. The molecule has 1 aromatic heterocycles. The van der Waals surface area contributed by atoms with Crippen LogP contribution in [0.1, 0.15) is 12.5 Å². The molecule has 0 fully saturated rings. The zero-order valence-corrected chi connectivity index (χ0v) is 13.0. The van der Waals surface area contributed by atoms with Crippen LogP contribution >= 0.6 is 0 Å². The number of hydrogen-bond acceptors (Lipinski definition) is 5. The number of hydrogen-bond donors (Lipinski definition) is 2. The molecule has 0 atom stereocenters. The number of phenols is 1. The van der Waals surface area contributed by atoms with Crippen LogP contribution in [0.2, 0.25) is 0 Å². The van der Waals surface area contributed by atoms with Crippen molar-refractivity contribution in [3.8, 4) is 34.1 Å². The Balaban J connectivity index is 2.01. The van der Waals surface area contributed by atoms with E-state index in [0.717, 1.165) is 17.5 Å². The maximum absolute atomic E-state index is 10.2. The first kappa shape index (κ1) is 15.0. The quantitative estimate of drug-likeness (QED) is 0.715. The molecule has 0 unspecified atom stereocenters. The van der Waals surface area contributed by atoms with Crippen molar-refractivity contribution in [2.45, 2.75) is 13.3 Å². The number of aryl methyl sites for hydroxylation is 1. The molecule has 0 aliphatic rings. The van der Waals surface area contributed by atoms with E-state index in [1.165, 1.54) is 0 Å². The van der Waals surface area contributed by atoms with Gasteiger partial charge in [-0.25, -0.2) is 0 Å². The fourth-order valence-corrected chi connectivity index (χ4v) is 2.47. The molecule has 0 aliphatic heterocycles. The van der Waals surface area contributed by atoms with Crippen LogP contribution in [0, 0.1) is 0 Å². The third-order valence-corrected chi connectivity index (χ3v) is 3.76. The zero-order valence-electron chi connectivity index (χ0n) is 13.0. The van der Waals surface area contributed by atoms with Crippen molar-refractivity contribution in [1.82, 2.24) is 5.16 Å². The van der Waals surface area contributed by atoms with E-state index in [0.29, 0.717) is 28.5 Å². The van der Waals surface area contributed by atoms with Gasteiger partial charge in [0.1, 0.15) is 17.2 Å². The average Bonchev–Trinajstić information content (AvgIpc) is 3.04. The minimum atomic E-state index is 0.0963. The predicted octanol–water partition coefficient (Wildman–Crippen LogP) is 3.87. The van der Waals surface area contributed by atoms with Crippen molar-refractivity contribution in [3.63, 3.8) is 0 Å². The molecule has 5 heteroatoms. The fourth-order valence-electron chi connectivity index (χ4n) is 2.47. The molecule has 118 valence electrons. The number of aromatic hydroxyl groups is 1. The Kier molecular flexibility index (Phi) is 3.93.